The topological polar surface area (TPSA) is 76.1 Å². The maximum atomic E-state index is 12.4. The molecule has 1 atom stereocenters. The van der Waals surface area contributed by atoms with Crippen molar-refractivity contribution < 1.29 is 9.53 Å². The lowest BCUT2D eigenvalue weighted by Gasteiger charge is -2.10. The summed E-state index contributed by atoms with van der Waals surface area (Å²) >= 11 is 2.79. The average Bonchev–Trinajstić information content (AvgIpc) is 3.10. The van der Waals surface area contributed by atoms with Crippen LogP contribution in [0.1, 0.15) is 19.4 Å². The van der Waals surface area contributed by atoms with Crippen molar-refractivity contribution in [3.05, 3.63) is 54.1 Å². The van der Waals surface area contributed by atoms with E-state index in [0.29, 0.717) is 11.7 Å². The highest BCUT2D eigenvalue weighted by Crippen LogP contribution is 2.33. The summed E-state index contributed by atoms with van der Waals surface area (Å²) in [5.74, 6) is 0.697. The maximum Gasteiger partial charge on any atom is 0.237 e. The fourth-order valence-electron chi connectivity index (χ4n) is 2.45. The third kappa shape index (κ3) is 5.46. The standard InChI is InChI=1S/C20H22N4O2S2/c1-4-26-17-11-6-5-10-16(17)22-19-23-24-20(28-19)27-14(3)18(25)21-15-9-7-8-13(2)12-15/h5-12,14H,4H2,1-3H3,(H,21,25)(H,22,23). The molecule has 0 bridgehead atoms. The number of amides is 1. The molecular weight excluding hydrogens is 392 g/mol. The Morgan fingerprint density at radius 1 is 1.21 bits per heavy atom. The Morgan fingerprint density at radius 3 is 2.82 bits per heavy atom. The maximum absolute atomic E-state index is 12.4. The number of hydrogen-bond donors (Lipinski definition) is 2. The molecule has 0 saturated heterocycles. The van der Waals surface area contributed by atoms with Crippen LogP contribution in [0.15, 0.2) is 52.9 Å². The van der Waals surface area contributed by atoms with Crippen molar-refractivity contribution in [3.63, 3.8) is 0 Å². The molecule has 1 amide bonds. The largest absolute Gasteiger partial charge is 0.492 e. The summed E-state index contributed by atoms with van der Waals surface area (Å²) in [6.07, 6.45) is 0. The van der Waals surface area contributed by atoms with E-state index in [4.69, 9.17) is 4.74 Å². The Balaban J connectivity index is 1.60. The highest BCUT2D eigenvalue weighted by Gasteiger charge is 2.18. The van der Waals surface area contributed by atoms with E-state index in [-0.39, 0.29) is 11.2 Å². The van der Waals surface area contributed by atoms with E-state index in [1.807, 2.05) is 69.3 Å². The van der Waals surface area contributed by atoms with Crippen LogP contribution in [0.3, 0.4) is 0 Å². The number of ether oxygens (including phenoxy) is 1. The zero-order chi connectivity index (χ0) is 19.9. The van der Waals surface area contributed by atoms with E-state index in [1.165, 1.54) is 23.1 Å². The van der Waals surface area contributed by atoms with E-state index >= 15 is 0 Å². The van der Waals surface area contributed by atoms with Crippen LogP contribution >= 0.6 is 23.1 Å². The second-order valence-corrected chi connectivity index (χ2v) is 8.61. The Labute approximate surface area is 172 Å². The van der Waals surface area contributed by atoms with Gasteiger partial charge in [0.1, 0.15) is 5.75 Å². The monoisotopic (exact) mass is 414 g/mol. The molecule has 0 aliphatic rings. The summed E-state index contributed by atoms with van der Waals surface area (Å²) in [7, 11) is 0. The molecule has 6 nitrogen and oxygen atoms in total. The number of aryl methyl sites for hydroxylation is 1. The van der Waals surface area contributed by atoms with Gasteiger partial charge in [0.05, 0.1) is 17.5 Å². The highest BCUT2D eigenvalue weighted by molar-refractivity contribution is 8.02. The molecule has 0 aliphatic carbocycles. The lowest BCUT2D eigenvalue weighted by molar-refractivity contribution is -0.115. The van der Waals surface area contributed by atoms with Gasteiger partial charge in [0, 0.05) is 5.69 Å². The number of nitrogens with zero attached hydrogens (tertiary/aromatic N) is 2. The third-order valence-corrected chi connectivity index (χ3v) is 5.79. The fraction of sp³-hybridized carbons (Fsp3) is 0.250. The molecule has 0 aliphatic heterocycles. The summed E-state index contributed by atoms with van der Waals surface area (Å²) in [5.41, 5.74) is 2.73. The number of benzene rings is 2. The van der Waals surface area contributed by atoms with Gasteiger partial charge in [0.15, 0.2) is 4.34 Å². The number of anilines is 3. The number of hydrogen-bond acceptors (Lipinski definition) is 7. The lowest BCUT2D eigenvalue weighted by atomic mass is 10.2. The van der Waals surface area contributed by atoms with E-state index in [9.17, 15) is 4.79 Å². The Hall–Kier alpha value is -2.58. The molecule has 8 heteroatoms. The van der Waals surface area contributed by atoms with Gasteiger partial charge < -0.3 is 15.4 Å². The Bertz CT molecular complexity index is 945. The van der Waals surface area contributed by atoms with Gasteiger partial charge in [-0.2, -0.15) is 0 Å². The molecule has 1 aromatic heterocycles. The SMILES string of the molecule is CCOc1ccccc1Nc1nnc(SC(C)C(=O)Nc2cccc(C)c2)s1. The van der Waals surface area contributed by atoms with Gasteiger partial charge in [-0.3, -0.25) is 4.79 Å². The second-order valence-electron chi connectivity index (χ2n) is 6.05. The first-order valence-corrected chi connectivity index (χ1v) is 10.6. The predicted octanol–water partition coefficient (Wildman–Crippen LogP) is 5.11. The van der Waals surface area contributed by atoms with Crippen molar-refractivity contribution in [2.24, 2.45) is 0 Å². The minimum absolute atomic E-state index is 0.0676. The number of para-hydroxylation sites is 2. The van der Waals surface area contributed by atoms with Gasteiger partial charge in [-0.1, -0.05) is 47.4 Å². The molecule has 0 saturated carbocycles. The van der Waals surface area contributed by atoms with Gasteiger partial charge in [-0.15, -0.1) is 10.2 Å². The van der Waals surface area contributed by atoms with E-state index in [0.717, 1.165) is 27.0 Å². The van der Waals surface area contributed by atoms with Crippen LogP contribution in [0.25, 0.3) is 0 Å². The molecule has 3 aromatic rings. The van der Waals surface area contributed by atoms with E-state index < -0.39 is 0 Å². The summed E-state index contributed by atoms with van der Waals surface area (Å²) in [6, 6.07) is 15.4. The minimum atomic E-state index is -0.294. The van der Waals surface area contributed by atoms with Crippen LogP contribution in [0.4, 0.5) is 16.5 Å². The zero-order valence-corrected chi connectivity index (χ0v) is 17.6. The van der Waals surface area contributed by atoms with Crippen LogP contribution in [0.5, 0.6) is 5.75 Å². The first-order valence-electron chi connectivity index (χ1n) is 8.91. The van der Waals surface area contributed by atoms with E-state index in [2.05, 4.69) is 20.8 Å². The Kier molecular flexibility index (Phi) is 6.89. The highest BCUT2D eigenvalue weighted by atomic mass is 32.2. The van der Waals surface area contributed by atoms with E-state index in [1.54, 1.807) is 0 Å². The second kappa shape index (κ2) is 9.57. The van der Waals surface area contributed by atoms with Gasteiger partial charge in [-0.05, 0) is 50.6 Å². The summed E-state index contributed by atoms with van der Waals surface area (Å²) in [4.78, 5) is 12.4. The van der Waals surface area contributed by atoms with Crippen molar-refractivity contribution in [1.29, 1.82) is 0 Å². The molecule has 0 radical (unpaired) electrons. The number of aromatic nitrogens is 2. The molecule has 28 heavy (non-hydrogen) atoms. The summed E-state index contributed by atoms with van der Waals surface area (Å²) in [6.45, 7) is 6.38. The predicted molar refractivity (Wildman–Crippen MR) is 116 cm³/mol. The normalized spacial score (nSPS) is 11.7. The smallest absolute Gasteiger partial charge is 0.237 e. The van der Waals surface area contributed by atoms with Crippen LogP contribution < -0.4 is 15.4 Å². The lowest BCUT2D eigenvalue weighted by Crippen LogP contribution is -2.22. The number of carbonyl (C=O) groups is 1. The van der Waals surface area contributed by atoms with Crippen molar-refractivity contribution in [1.82, 2.24) is 10.2 Å². The molecule has 2 aromatic carbocycles. The molecule has 1 unspecified atom stereocenters. The third-order valence-electron chi connectivity index (χ3n) is 3.77. The van der Waals surface area contributed by atoms with Crippen molar-refractivity contribution in [2.45, 2.75) is 30.4 Å². The summed E-state index contributed by atoms with van der Waals surface area (Å²) in [5, 5.41) is 14.9. The number of rotatable bonds is 8. The van der Waals surface area contributed by atoms with Gasteiger partial charge in [-0.25, -0.2) is 0 Å². The number of nitrogens with one attached hydrogen (secondary N) is 2. The molecule has 3 rings (SSSR count). The zero-order valence-electron chi connectivity index (χ0n) is 15.9. The average molecular weight is 415 g/mol. The van der Waals surface area contributed by atoms with Gasteiger partial charge in [0.25, 0.3) is 0 Å². The van der Waals surface area contributed by atoms with Crippen molar-refractivity contribution in [3.8, 4) is 5.75 Å². The van der Waals surface area contributed by atoms with Crippen molar-refractivity contribution in [2.75, 3.05) is 17.2 Å². The summed E-state index contributed by atoms with van der Waals surface area (Å²) < 4.78 is 6.34. The van der Waals surface area contributed by atoms with Crippen LogP contribution in [0.2, 0.25) is 0 Å². The molecule has 1 heterocycles. The van der Waals surface area contributed by atoms with Crippen molar-refractivity contribution >= 4 is 45.5 Å². The fourth-order valence-corrected chi connectivity index (χ4v) is 4.35. The van der Waals surface area contributed by atoms with Gasteiger partial charge >= 0.3 is 0 Å². The number of carbonyl (C=O) groups excluding carboxylic acids is 1. The Morgan fingerprint density at radius 2 is 2.04 bits per heavy atom. The molecule has 2 N–H and O–H groups in total. The molecule has 0 spiro atoms. The van der Waals surface area contributed by atoms with Gasteiger partial charge in [0.2, 0.25) is 11.0 Å². The quantitative estimate of drug-likeness (QED) is 0.499. The first kappa shape index (κ1) is 20.2. The minimum Gasteiger partial charge on any atom is -0.492 e. The molecule has 0 fully saturated rings. The van der Waals surface area contributed by atoms with Crippen LogP contribution in [-0.4, -0.2) is 28.0 Å². The van der Waals surface area contributed by atoms with Crippen LogP contribution in [-0.2, 0) is 4.79 Å². The first-order chi connectivity index (χ1) is 13.5. The van der Waals surface area contributed by atoms with Crippen LogP contribution in [0, 0.1) is 6.92 Å². The number of thioether (sulfide) groups is 1. The molecular formula is C20H22N4O2S2. The molecule has 146 valence electrons.